The van der Waals surface area contributed by atoms with Gasteiger partial charge in [-0.3, -0.25) is 14.2 Å². The first kappa shape index (κ1) is 15.3. The van der Waals surface area contributed by atoms with E-state index in [1.807, 2.05) is 24.3 Å². The number of halogens is 1. The SMILES string of the molecule is Cc1cnc2n(c1=O)C[C@@H](C(=O)Nc1cccc(Br)c1)CS2. The van der Waals surface area contributed by atoms with Crippen LogP contribution in [0, 0.1) is 12.8 Å². The molecule has 22 heavy (non-hydrogen) atoms. The third kappa shape index (κ3) is 3.10. The van der Waals surface area contributed by atoms with Crippen molar-refractivity contribution in [2.24, 2.45) is 5.92 Å². The van der Waals surface area contributed by atoms with E-state index in [1.165, 1.54) is 11.8 Å². The minimum absolute atomic E-state index is 0.0718. The van der Waals surface area contributed by atoms with Gasteiger partial charge in [0.25, 0.3) is 5.56 Å². The number of fused-ring (bicyclic) bond motifs is 1. The van der Waals surface area contributed by atoms with Gasteiger partial charge in [0.2, 0.25) is 5.91 Å². The highest BCUT2D eigenvalue weighted by atomic mass is 79.9. The molecule has 7 heteroatoms. The first-order valence-electron chi connectivity index (χ1n) is 6.80. The van der Waals surface area contributed by atoms with E-state index >= 15 is 0 Å². The lowest BCUT2D eigenvalue weighted by Gasteiger charge is -2.24. The predicted molar refractivity (Wildman–Crippen MR) is 90.2 cm³/mol. The molecule has 1 aromatic heterocycles. The van der Waals surface area contributed by atoms with Crippen molar-refractivity contribution in [3.63, 3.8) is 0 Å². The predicted octanol–water partition coefficient (Wildman–Crippen LogP) is 2.67. The molecule has 2 heterocycles. The molecule has 0 bridgehead atoms. The fourth-order valence-corrected chi connectivity index (χ4v) is 3.72. The summed E-state index contributed by atoms with van der Waals surface area (Å²) < 4.78 is 2.50. The topological polar surface area (TPSA) is 64.0 Å². The maximum Gasteiger partial charge on any atom is 0.257 e. The van der Waals surface area contributed by atoms with Gasteiger partial charge < -0.3 is 5.32 Å². The summed E-state index contributed by atoms with van der Waals surface area (Å²) >= 11 is 4.82. The van der Waals surface area contributed by atoms with Crippen molar-refractivity contribution in [3.8, 4) is 0 Å². The maximum atomic E-state index is 12.4. The van der Waals surface area contributed by atoms with Crippen LogP contribution in [0.5, 0.6) is 0 Å². The van der Waals surface area contributed by atoms with Crippen LogP contribution in [0.25, 0.3) is 0 Å². The lowest BCUT2D eigenvalue weighted by molar-refractivity contribution is -0.119. The van der Waals surface area contributed by atoms with Gasteiger partial charge >= 0.3 is 0 Å². The van der Waals surface area contributed by atoms with Gasteiger partial charge in [0.15, 0.2) is 5.16 Å². The van der Waals surface area contributed by atoms with Crippen LogP contribution in [-0.4, -0.2) is 21.2 Å². The van der Waals surface area contributed by atoms with Crippen molar-refractivity contribution in [1.29, 1.82) is 0 Å². The number of hydrogen-bond donors (Lipinski definition) is 1. The van der Waals surface area contributed by atoms with E-state index in [0.717, 1.165) is 10.2 Å². The van der Waals surface area contributed by atoms with Crippen molar-refractivity contribution in [2.45, 2.75) is 18.6 Å². The standard InChI is InChI=1S/C15H14BrN3O2S/c1-9-6-17-15-19(14(9)21)7-10(8-22-15)13(20)18-12-4-2-3-11(16)5-12/h2-6,10H,7-8H2,1H3,(H,18,20)/t10-/m1/s1. The Labute approximate surface area is 140 Å². The molecule has 5 nitrogen and oxygen atoms in total. The molecule has 114 valence electrons. The van der Waals surface area contributed by atoms with Crippen LogP contribution in [0.2, 0.25) is 0 Å². The van der Waals surface area contributed by atoms with Gasteiger partial charge in [-0.25, -0.2) is 4.98 Å². The number of nitrogens with one attached hydrogen (secondary N) is 1. The minimum atomic E-state index is -0.252. The number of thioether (sulfide) groups is 1. The second-order valence-electron chi connectivity index (χ2n) is 5.15. The van der Waals surface area contributed by atoms with Crippen LogP contribution in [-0.2, 0) is 11.3 Å². The molecule has 1 atom stereocenters. The van der Waals surface area contributed by atoms with Crippen LogP contribution < -0.4 is 10.9 Å². The van der Waals surface area contributed by atoms with E-state index in [9.17, 15) is 9.59 Å². The minimum Gasteiger partial charge on any atom is -0.326 e. The van der Waals surface area contributed by atoms with Crippen LogP contribution in [0.4, 0.5) is 5.69 Å². The molecule has 1 aliphatic rings. The van der Waals surface area contributed by atoms with E-state index in [4.69, 9.17) is 0 Å². The second kappa shape index (κ2) is 6.26. The van der Waals surface area contributed by atoms with E-state index in [-0.39, 0.29) is 17.4 Å². The van der Waals surface area contributed by atoms with Gasteiger partial charge in [-0.1, -0.05) is 33.8 Å². The molecule has 2 aromatic rings. The van der Waals surface area contributed by atoms with Crippen molar-refractivity contribution < 1.29 is 4.79 Å². The van der Waals surface area contributed by atoms with E-state index in [2.05, 4.69) is 26.2 Å². The first-order valence-corrected chi connectivity index (χ1v) is 8.58. The number of anilines is 1. The number of aryl methyl sites for hydroxylation is 1. The molecule has 3 rings (SSSR count). The molecule has 0 fully saturated rings. The van der Waals surface area contributed by atoms with Crippen molar-refractivity contribution in [3.05, 3.63) is 50.9 Å². The van der Waals surface area contributed by atoms with Gasteiger partial charge in [0.05, 0.1) is 5.92 Å². The Morgan fingerprint density at radius 1 is 1.50 bits per heavy atom. The maximum absolute atomic E-state index is 12.4. The van der Waals surface area contributed by atoms with Crippen LogP contribution in [0.15, 0.2) is 44.9 Å². The summed E-state index contributed by atoms with van der Waals surface area (Å²) in [6.45, 7) is 2.11. The van der Waals surface area contributed by atoms with Crippen molar-refractivity contribution >= 4 is 39.3 Å². The molecule has 0 radical (unpaired) electrons. The largest absolute Gasteiger partial charge is 0.326 e. The quantitative estimate of drug-likeness (QED) is 0.814. The third-order valence-electron chi connectivity index (χ3n) is 3.46. The molecule has 1 N–H and O–H groups in total. The van der Waals surface area contributed by atoms with E-state index in [0.29, 0.717) is 23.0 Å². The summed E-state index contributed by atoms with van der Waals surface area (Å²) in [6, 6.07) is 7.45. The smallest absolute Gasteiger partial charge is 0.257 e. The second-order valence-corrected chi connectivity index (χ2v) is 7.05. The zero-order valence-corrected chi connectivity index (χ0v) is 14.3. The van der Waals surface area contributed by atoms with Gasteiger partial charge in [-0.2, -0.15) is 0 Å². The Morgan fingerprint density at radius 2 is 2.32 bits per heavy atom. The number of hydrogen-bond acceptors (Lipinski definition) is 4. The summed E-state index contributed by atoms with van der Waals surface area (Å²) in [4.78, 5) is 28.8. The third-order valence-corrected chi connectivity index (χ3v) is 5.11. The molecule has 1 aromatic carbocycles. The Balaban J connectivity index is 1.78. The Hall–Kier alpha value is -1.60. The highest BCUT2D eigenvalue weighted by Crippen LogP contribution is 2.26. The summed E-state index contributed by atoms with van der Waals surface area (Å²) in [7, 11) is 0. The fraction of sp³-hybridized carbons (Fsp3) is 0.267. The molecule has 1 aliphatic heterocycles. The summed E-state index contributed by atoms with van der Waals surface area (Å²) in [5.74, 6) is 0.289. The number of benzene rings is 1. The average molecular weight is 380 g/mol. The van der Waals surface area contributed by atoms with Crippen molar-refractivity contribution in [2.75, 3.05) is 11.1 Å². The number of amides is 1. The Kier molecular flexibility index (Phi) is 4.35. The van der Waals surface area contributed by atoms with Crippen LogP contribution in [0.3, 0.4) is 0 Å². The zero-order chi connectivity index (χ0) is 15.7. The average Bonchev–Trinajstić information content (AvgIpc) is 2.51. The molecule has 1 amide bonds. The van der Waals surface area contributed by atoms with Gasteiger partial charge in [0, 0.05) is 34.2 Å². The zero-order valence-electron chi connectivity index (χ0n) is 11.9. The lowest BCUT2D eigenvalue weighted by Crippen LogP contribution is -2.37. The monoisotopic (exact) mass is 379 g/mol. The molecule has 0 aliphatic carbocycles. The molecule has 0 unspecified atom stereocenters. The molecule has 0 saturated carbocycles. The normalized spacial score (nSPS) is 16.9. The van der Waals surface area contributed by atoms with Gasteiger partial charge in [-0.05, 0) is 25.1 Å². The molecule has 0 saturated heterocycles. The fourth-order valence-electron chi connectivity index (χ4n) is 2.27. The lowest BCUT2D eigenvalue weighted by atomic mass is 10.1. The summed E-state index contributed by atoms with van der Waals surface area (Å²) in [5.41, 5.74) is 1.26. The Bertz CT molecular complexity index is 791. The van der Waals surface area contributed by atoms with Gasteiger partial charge in [0.1, 0.15) is 0 Å². The molecule has 0 spiro atoms. The number of carbonyl (C=O) groups excluding carboxylic acids is 1. The summed E-state index contributed by atoms with van der Waals surface area (Å²) in [6.07, 6.45) is 1.59. The van der Waals surface area contributed by atoms with Crippen molar-refractivity contribution in [1.82, 2.24) is 9.55 Å². The van der Waals surface area contributed by atoms with E-state index < -0.39 is 0 Å². The van der Waals surface area contributed by atoms with Crippen LogP contribution >= 0.6 is 27.7 Å². The number of aromatic nitrogens is 2. The number of nitrogens with zero attached hydrogens (tertiary/aromatic N) is 2. The Morgan fingerprint density at radius 3 is 3.09 bits per heavy atom. The van der Waals surface area contributed by atoms with Gasteiger partial charge in [-0.15, -0.1) is 0 Å². The molecular formula is C15H14BrN3O2S. The van der Waals surface area contributed by atoms with Crippen LogP contribution in [0.1, 0.15) is 5.56 Å². The highest BCUT2D eigenvalue weighted by molar-refractivity contribution is 9.10. The molecular weight excluding hydrogens is 366 g/mol. The van der Waals surface area contributed by atoms with E-state index in [1.54, 1.807) is 17.7 Å². The first-order chi connectivity index (χ1) is 10.5. The summed E-state index contributed by atoms with van der Waals surface area (Å²) in [5, 5.41) is 3.58. The highest BCUT2D eigenvalue weighted by Gasteiger charge is 2.27. The number of rotatable bonds is 2. The number of carbonyl (C=O) groups is 1.